The first-order valence-corrected chi connectivity index (χ1v) is 4.07. The minimum atomic E-state index is -0.512. The van der Waals surface area contributed by atoms with Crippen molar-refractivity contribution >= 4 is 5.69 Å². The predicted molar refractivity (Wildman–Crippen MR) is 54.2 cm³/mol. The molecule has 0 atom stereocenters. The fourth-order valence-electron chi connectivity index (χ4n) is 0.942. The van der Waals surface area contributed by atoms with Gasteiger partial charge in [0, 0.05) is 12.7 Å². The highest BCUT2D eigenvalue weighted by Crippen LogP contribution is 2.06. The summed E-state index contributed by atoms with van der Waals surface area (Å²) in [7, 11) is 1.62. The lowest BCUT2D eigenvalue weighted by molar-refractivity contribution is -0.403. The molecule has 0 fully saturated rings. The van der Waals surface area contributed by atoms with Crippen molar-refractivity contribution in [3.63, 3.8) is 0 Å². The lowest BCUT2D eigenvalue weighted by Gasteiger charge is -2.06. The van der Waals surface area contributed by atoms with E-state index in [9.17, 15) is 10.1 Å². The number of para-hydroxylation sites is 1. The summed E-state index contributed by atoms with van der Waals surface area (Å²) in [4.78, 5) is 9.70. The van der Waals surface area contributed by atoms with E-state index in [0.717, 1.165) is 11.9 Å². The summed E-state index contributed by atoms with van der Waals surface area (Å²) in [6.07, 6.45) is 0.882. The molecule has 0 aliphatic rings. The molecule has 2 N–H and O–H groups in total. The molecule has 0 unspecified atom stereocenters. The number of nitro groups is 1. The molecule has 5 heteroatoms. The number of anilines is 1. The van der Waals surface area contributed by atoms with Crippen molar-refractivity contribution in [3.8, 4) is 0 Å². The van der Waals surface area contributed by atoms with E-state index in [4.69, 9.17) is 0 Å². The van der Waals surface area contributed by atoms with Gasteiger partial charge in [-0.3, -0.25) is 10.1 Å². The van der Waals surface area contributed by atoms with Crippen molar-refractivity contribution in [3.05, 3.63) is 52.5 Å². The van der Waals surface area contributed by atoms with Crippen LogP contribution in [-0.2, 0) is 0 Å². The largest absolute Gasteiger partial charge is 0.370 e. The lowest BCUT2D eigenvalue weighted by atomic mass is 10.3. The SMILES string of the molecule is CN/C(=C/[N+](=O)[O-])Nc1ccccc1. The average Bonchev–Trinajstić information content (AvgIpc) is 2.17. The number of hydrogen-bond donors (Lipinski definition) is 2. The summed E-state index contributed by atoms with van der Waals surface area (Å²) in [6, 6.07) is 9.22. The van der Waals surface area contributed by atoms with Crippen LogP contribution in [0.3, 0.4) is 0 Å². The van der Waals surface area contributed by atoms with E-state index >= 15 is 0 Å². The quantitative estimate of drug-likeness (QED) is 0.560. The van der Waals surface area contributed by atoms with Crippen LogP contribution < -0.4 is 10.6 Å². The van der Waals surface area contributed by atoms with Crippen LogP contribution in [0.5, 0.6) is 0 Å². The molecule has 0 aromatic heterocycles. The van der Waals surface area contributed by atoms with E-state index in [0.29, 0.717) is 5.82 Å². The van der Waals surface area contributed by atoms with Crippen molar-refractivity contribution in [2.24, 2.45) is 0 Å². The Kier molecular flexibility index (Phi) is 3.49. The molecule has 0 spiro atoms. The first kappa shape index (κ1) is 10.0. The fraction of sp³-hybridized carbons (Fsp3) is 0.111. The monoisotopic (exact) mass is 193 g/mol. The Balaban J connectivity index is 2.71. The normalized spacial score (nSPS) is 10.8. The first-order valence-electron chi connectivity index (χ1n) is 4.07. The summed E-state index contributed by atoms with van der Waals surface area (Å²) < 4.78 is 0. The van der Waals surface area contributed by atoms with Gasteiger partial charge in [0.15, 0.2) is 5.82 Å². The van der Waals surface area contributed by atoms with Crippen molar-refractivity contribution in [2.45, 2.75) is 0 Å². The third kappa shape index (κ3) is 3.14. The summed E-state index contributed by atoms with van der Waals surface area (Å²) in [5.41, 5.74) is 0.801. The van der Waals surface area contributed by atoms with E-state index in [1.54, 1.807) is 7.05 Å². The first-order chi connectivity index (χ1) is 6.72. The summed E-state index contributed by atoms with van der Waals surface area (Å²) in [6.45, 7) is 0. The third-order valence-electron chi connectivity index (χ3n) is 1.56. The Morgan fingerprint density at radius 1 is 1.43 bits per heavy atom. The Morgan fingerprint density at radius 2 is 2.07 bits per heavy atom. The van der Waals surface area contributed by atoms with Crippen molar-refractivity contribution in [1.82, 2.24) is 5.32 Å². The fourth-order valence-corrected chi connectivity index (χ4v) is 0.942. The van der Waals surface area contributed by atoms with Gasteiger partial charge in [-0.1, -0.05) is 18.2 Å². The smallest absolute Gasteiger partial charge is 0.274 e. The Labute approximate surface area is 81.6 Å². The van der Waals surface area contributed by atoms with Gasteiger partial charge in [-0.25, -0.2) is 0 Å². The molecule has 0 aliphatic heterocycles. The van der Waals surface area contributed by atoms with Gasteiger partial charge in [0.25, 0.3) is 6.20 Å². The van der Waals surface area contributed by atoms with E-state index in [1.165, 1.54) is 0 Å². The maximum atomic E-state index is 10.2. The summed E-state index contributed by atoms with van der Waals surface area (Å²) in [5.74, 6) is 0.348. The van der Waals surface area contributed by atoms with Crippen LogP contribution >= 0.6 is 0 Å². The van der Waals surface area contributed by atoms with Crippen LogP contribution in [0.25, 0.3) is 0 Å². The number of nitrogens with zero attached hydrogens (tertiary/aromatic N) is 1. The molecule has 0 aliphatic carbocycles. The number of rotatable bonds is 4. The molecule has 0 heterocycles. The zero-order chi connectivity index (χ0) is 10.4. The Morgan fingerprint density at radius 3 is 2.57 bits per heavy atom. The molecule has 0 radical (unpaired) electrons. The van der Waals surface area contributed by atoms with Crippen LogP contribution in [0.2, 0.25) is 0 Å². The van der Waals surface area contributed by atoms with Gasteiger partial charge in [0.2, 0.25) is 0 Å². The van der Waals surface area contributed by atoms with E-state index in [1.807, 2.05) is 30.3 Å². The number of hydrogen-bond acceptors (Lipinski definition) is 4. The van der Waals surface area contributed by atoms with Crippen LogP contribution in [0.4, 0.5) is 5.69 Å². The minimum Gasteiger partial charge on any atom is -0.370 e. The standard InChI is InChI=1S/C9H11N3O2/c1-10-9(7-12(13)14)11-8-5-3-2-4-6-8/h2-7,10-11H,1H3/b9-7-. The molecule has 0 amide bonds. The highest BCUT2D eigenvalue weighted by molar-refractivity contribution is 5.46. The molecule has 0 saturated carbocycles. The Hall–Kier alpha value is -2.04. The van der Waals surface area contributed by atoms with Crippen LogP contribution in [-0.4, -0.2) is 12.0 Å². The van der Waals surface area contributed by atoms with Crippen molar-refractivity contribution in [2.75, 3.05) is 12.4 Å². The molecule has 1 rings (SSSR count). The third-order valence-corrected chi connectivity index (χ3v) is 1.56. The highest BCUT2D eigenvalue weighted by Gasteiger charge is 1.99. The molecule has 0 saturated heterocycles. The topological polar surface area (TPSA) is 67.2 Å². The van der Waals surface area contributed by atoms with Crippen LogP contribution in [0.15, 0.2) is 42.4 Å². The summed E-state index contributed by atoms with van der Waals surface area (Å²) in [5, 5.41) is 15.8. The van der Waals surface area contributed by atoms with Crippen molar-refractivity contribution in [1.29, 1.82) is 0 Å². The highest BCUT2D eigenvalue weighted by atomic mass is 16.6. The maximum Gasteiger partial charge on any atom is 0.274 e. The molecular formula is C9H11N3O2. The zero-order valence-corrected chi connectivity index (χ0v) is 7.73. The molecule has 1 aromatic carbocycles. The maximum absolute atomic E-state index is 10.2. The van der Waals surface area contributed by atoms with E-state index in [2.05, 4.69) is 10.6 Å². The van der Waals surface area contributed by atoms with Crippen molar-refractivity contribution < 1.29 is 4.92 Å². The molecular weight excluding hydrogens is 182 g/mol. The van der Waals surface area contributed by atoms with E-state index < -0.39 is 4.92 Å². The second-order valence-corrected chi connectivity index (χ2v) is 2.57. The Bertz CT molecular complexity index is 335. The van der Waals surface area contributed by atoms with Crippen LogP contribution in [0.1, 0.15) is 0 Å². The molecule has 74 valence electrons. The second-order valence-electron chi connectivity index (χ2n) is 2.57. The minimum absolute atomic E-state index is 0.348. The predicted octanol–water partition coefficient (Wildman–Crippen LogP) is 1.39. The average molecular weight is 193 g/mol. The summed E-state index contributed by atoms with van der Waals surface area (Å²) >= 11 is 0. The zero-order valence-electron chi connectivity index (χ0n) is 7.73. The van der Waals surface area contributed by atoms with Gasteiger partial charge in [0.1, 0.15) is 0 Å². The molecule has 1 aromatic rings. The second kappa shape index (κ2) is 4.86. The number of benzene rings is 1. The molecule has 14 heavy (non-hydrogen) atoms. The van der Waals surface area contributed by atoms with Gasteiger partial charge in [0.05, 0.1) is 4.92 Å². The molecule has 5 nitrogen and oxygen atoms in total. The van der Waals surface area contributed by atoms with Gasteiger partial charge in [-0.2, -0.15) is 0 Å². The van der Waals surface area contributed by atoms with E-state index in [-0.39, 0.29) is 0 Å². The van der Waals surface area contributed by atoms with Gasteiger partial charge >= 0.3 is 0 Å². The van der Waals surface area contributed by atoms with Gasteiger partial charge < -0.3 is 10.6 Å². The van der Waals surface area contributed by atoms with Gasteiger partial charge in [-0.15, -0.1) is 0 Å². The van der Waals surface area contributed by atoms with Gasteiger partial charge in [-0.05, 0) is 12.1 Å². The molecule has 0 bridgehead atoms. The lowest BCUT2D eigenvalue weighted by Crippen LogP contribution is -2.16. The van der Waals surface area contributed by atoms with Crippen LogP contribution in [0, 0.1) is 10.1 Å². The number of nitrogens with one attached hydrogen (secondary N) is 2.